The quantitative estimate of drug-likeness (QED) is 0.590. The van der Waals surface area contributed by atoms with Crippen LogP contribution in [-0.2, 0) is 17.9 Å². The van der Waals surface area contributed by atoms with Crippen LogP contribution < -0.4 is 0 Å². The van der Waals surface area contributed by atoms with Crippen molar-refractivity contribution in [2.75, 3.05) is 20.6 Å². The van der Waals surface area contributed by atoms with Gasteiger partial charge in [0.15, 0.2) is 0 Å². The van der Waals surface area contributed by atoms with Crippen LogP contribution in [-0.4, -0.2) is 56.8 Å². The molecule has 152 valence electrons. The Bertz CT molecular complexity index is 983. The first-order chi connectivity index (χ1) is 14.0. The number of fused-ring (bicyclic) bond motifs is 1. The van der Waals surface area contributed by atoms with Gasteiger partial charge in [0.05, 0.1) is 23.1 Å². The highest BCUT2D eigenvalue weighted by Crippen LogP contribution is 2.18. The third-order valence-corrected chi connectivity index (χ3v) is 4.93. The predicted octanol–water partition coefficient (Wildman–Crippen LogP) is 2.96. The van der Waals surface area contributed by atoms with Gasteiger partial charge < -0.3 is 14.4 Å². The first-order valence-electron chi connectivity index (χ1n) is 9.84. The molecule has 3 rings (SSSR count). The van der Waals surface area contributed by atoms with E-state index in [4.69, 9.17) is 0 Å². The first-order valence-corrected chi connectivity index (χ1v) is 9.84. The van der Waals surface area contributed by atoms with Crippen LogP contribution in [0.4, 0.5) is 0 Å². The summed E-state index contributed by atoms with van der Waals surface area (Å²) in [5.41, 5.74) is 2.23. The third kappa shape index (κ3) is 4.80. The average molecular weight is 393 g/mol. The Labute approximate surface area is 171 Å². The number of nitrogens with zero attached hydrogens (tertiary/aromatic N) is 5. The van der Waals surface area contributed by atoms with E-state index in [1.54, 1.807) is 41.4 Å². The van der Waals surface area contributed by atoms with Crippen molar-refractivity contribution in [3.8, 4) is 0 Å². The molecule has 29 heavy (non-hydrogen) atoms. The molecule has 2 heterocycles. The van der Waals surface area contributed by atoms with Crippen molar-refractivity contribution in [1.29, 1.82) is 0 Å². The number of para-hydroxylation sites is 2. The molecule has 0 saturated heterocycles. The Hall–Kier alpha value is -3.22. The lowest BCUT2D eigenvalue weighted by atomic mass is 10.2. The second-order valence-corrected chi connectivity index (χ2v) is 7.17. The standard InChI is InChI=1S/C22H27N5O2/c1-4-5-13-25(2)21(28)16-27-19-11-7-6-10-18(19)24-20(27)15-26(3)22(29)17-9-8-12-23-14-17/h6-12,14H,4-5,13,15-16H2,1-3H3. The smallest absolute Gasteiger partial charge is 0.255 e. The fraction of sp³-hybridized carbons (Fsp3) is 0.364. The number of likely N-dealkylation sites (N-methyl/N-ethyl adjacent to an activating group) is 1. The molecular weight excluding hydrogens is 366 g/mol. The van der Waals surface area contributed by atoms with Crippen molar-refractivity contribution < 1.29 is 9.59 Å². The molecule has 0 N–H and O–H groups in total. The van der Waals surface area contributed by atoms with Crippen molar-refractivity contribution in [2.45, 2.75) is 32.9 Å². The fourth-order valence-corrected chi connectivity index (χ4v) is 3.19. The maximum atomic E-state index is 12.7. The second kappa shape index (κ2) is 9.32. The van der Waals surface area contributed by atoms with Crippen LogP contribution in [0.1, 0.15) is 35.9 Å². The fourth-order valence-electron chi connectivity index (χ4n) is 3.19. The highest BCUT2D eigenvalue weighted by molar-refractivity contribution is 5.93. The Kier molecular flexibility index (Phi) is 6.59. The van der Waals surface area contributed by atoms with Crippen LogP contribution in [0.2, 0.25) is 0 Å². The molecular formula is C22H27N5O2. The summed E-state index contributed by atoms with van der Waals surface area (Å²) in [5.74, 6) is 0.579. The summed E-state index contributed by atoms with van der Waals surface area (Å²) in [7, 11) is 3.56. The highest BCUT2D eigenvalue weighted by Gasteiger charge is 2.19. The number of aromatic nitrogens is 3. The zero-order valence-electron chi connectivity index (χ0n) is 17.2. The van der Waals surface area contributed by atoms with Crippen molar-refractivity contribution in [3.63, 3.8) is 0 Å². The lowest BCUT2D eigenvalue weighted by Gasteiger charge is -2.20. The van der Waals surface area contributed by atoms with Gasteiger partial charge in [-0.3, -0.25) is 14.6 Å². The minimum Gasteiger partial charge on any atom is -0.344 e. The van der Waals surface area contributed by atoms with Gasteiger partial charge in [-0.2, -0.15) is 0 Å². The summed E-state index contributed by atoms with van der Waals surface area (Å²) < 4.78 is 1.91. The molecule has 7 nitrogen and oxygen atoms in total. The number of hydrogen-bond donors (Lipinski definition) is 0. The van der Waals surface area contributed by atoms with Gasteiger partial charge in [0.25, 0.3) is 5.91 Å². The summed E-state index contributed by atoms with van der Waals surface area (Å²) in [5, 5.41) is 0. The molecule has 0 saturated carbocycles. The van der Waals surface area contributed by atoms with Gasteiger partial charge in [-0.05, 0) is 30.7 Å². The Balaban J connectivity index is 1.85. The Morgan fingerprint density at radius 1 is 1.07 bits per heavy atom. The second-order valence-electron chi connectivity index (χ2n) is 7.17. The van der Waals surface area contributed by atoms with E-state index in [1.807, 2.05) is 35.9 Å². The molecule has 1 aromatic carbocycles. The first kappa shape index (κ1) is 20.5. The van der Waals surface area contributed by atoms with E-state index in [2.05, 4.69) is 16.9 Å². The number of rotatable bonds is 8. The van der Waals surface area contributed by atoms with E-state index in [0.717, 1.165) is 30.4 Å². The van der Waals surface area contributed by atoms with Gasteiger partial charge in [-0.1, -0.05) is 25.5 Å². The molecule has 0 unspecified atom stereocenters. The lowest BCUT2D eigenvalue weighted by Crippen LogP contribution is -2.33. The van der Waals surface area contributed by atoms with Crippen molar-refractivity contribution in [2.24, 2.45) is 0 Å². The largest absolute Gasteiger partial charge is 0.344 e. The molecule has 7 heteroatoms. The number of benzene rings is 1. The van der Waals surface area contributed by atoms with E-state index in [1.165, 1.54) is 0 Å². The molecule has 2 aromatic heterocycles. The van der Waals surface area contributed by atoms with Crippen molar-refractivity contribution in [3.05, 3.63) is 60.2 Å². The zero-order valence-corrected chi connectivity index (χ0v) is 17.2. The van der Waals surface area contributed by atoms with Crippen LogP contribution in [0.3, 0.4) is 0 Å². The summed E-state index contributed by atoms with van der Waals surface area (Å²) in [6.45, 7) is 3.34. The van der Waals surface area contributed by atoms with Crippen molar-refractivity contribution >= 4 is 22.8 Å². The van der Waals surface area contributed by atoms with Gasteiger partial charge in [-0.25, -0.2) is 4.98 Å². The average Bonchev–Trinajstić information content (AvgIpc) is 3.08. The Morgan fingerprint density at radius 2 is 1.86 bits per heavy atom. The zero-order chi connectivity index (χ0) is 20.8. The maximum absolute atomic E-state index is 12.7. The summed E-state index contributed by atoms with van der Waals surface area (Å²) >= 11 is 0. The molecule has 0 spiro atoms. The van der Waals surface area contributed by atoms with E-state index < -0.39 is 0 Å². The van der Waals surface area contributed by atoms with E-state index in [-0.39, 0.29) is 18.4 Å². The normalized spacial score (nSPS) is 10.9. The SMILES string of the molecule is CCCCN(C)C(=O)Cn1c(CN(C)C(=O)c2cccnc2)nc2ccccc21. The number of pyridine rings is 1. The summed E-state index contributed by atoms with van der Waals surface area (Å²) in [6, 6.07) is 11.2. The van der Waals surface area contributed by atoms with Crippen LogP contribution in [0.25, 0.3) is 11.0 Å². The number of imidazole rings is 1. The van der Waals surface area contributed by atoms with Crippen LogP contribution in [0.15, 0.2) is 48.8 Å². The van der Waals surface area contributed by atoms with Crippen LogP contribution in [0, 0.1) is 0 Å². The van der Waals surface area contributed by atoms with Crippen molar-refractivity contribution in [1.82, 2.24) is 24.3 Å². The van der Waals surface area contributed by atoms with E-state index in [9.17, 15) is 9.59 Å². The molecule has 3 aromatic rings. The summed E-state index contributed by atoms with van der Waals surface area (Å²) in [4.78, 5) is 37.5. The molecule has 0 atom stereocenters. The van der Waals surface area contributed by atoms with Crippen LogP contribution in [0.5, 0.6) is 0 Å². The monoisotopic (exact) mass is 393 g/mol. The van der Waals surface area contributed by atoms with Gasteiger partial charge >= 0.3 is 0 Å². The number of unbranched alkanes of at least 4 members (excludes halogenated alkanes) is 1. The van der Waals surface area contributed by atoms with Gasteiger partial charge in [0.1, 0.15) is 12.4 Å². The minimum absolute atomic E-state index is 0.0316. The topological polar surface area (TPSA) is 71.3 Å². The molecule has 0 aliphatic rings. The molecule has 0 radical (unpaired) electrons. The number of carbonyl (C=O) groups is 2. The van der Waals surface area contributed by atoms with Crippen LogP contribution >= 0.6 is 0 Å². The highest BCUT2D eigenvalue weighted by atomic mass is 16.2. The lowest BCUT2D eigenvalue weighted by molar-refractivity contribution is -0.130. The molecule has 0 aliphatic carbocycles. The molecule has 0 bridgehead atoms. The van der Waals surface area contributed by atoms with Gasteiger partial charge in [-0.15, -0.1) is 0 Å². The number of carbonyl (C=O) groups excluding carboxylic acids is 2. The molecule has 0 fully saturated rings. The molecule has 2 amide bonds. The number of hydrogen-bond acceptors (Lipinski definition) is 4. The van der Waals surface area contributed by atoms with E-state index in [0.29, 0.717) is 17.9 Å². The number of amides is 2. The predicted molar refractivity (Wildman–Crippen MR) is 112 cm³/mol. The Morgan fingerprint density at radius 3 is 2.59 bits per heavy atom. The third-order valence-electron chi connectivity index (χ3n) is 4.93. The maximum Gasteiger partial charge on any atom is 0.255 e. The van der Waals surface area contributed by atoms with Gasteiger partial charge in [0.2, 0.25) is 5.91 Å². The molecule has 0 aliphatic heterocycles. The minimum atomic E-state index is -0.136. The summed E-state index contributed by atoms with van der Waals surface area (Å²) in [6.07, 6.45) is 5.20. The van der Waals surface area contributed by atoms with Gasteiger partial charge in [0, 0.05) is 33.0 Å². The van der Waals surface area contributed by atoms with E-state index >= 15 is 0 Å².